The van der Waals surface area contributed by atoms with Gasteiger partial charge in [-0.1, -0.05) is 18.6 Å². The van der Waals surface area contributed by atoms with E-state index in [2.05, 4.69) is 56.7 Å². The highest BCUT2D eigenvalue weighted by Gasteiger charge is 2.23. The van der Waals surface area contributed by atoms with Crippen LogP contribution >= 0.6 is 24.0 Å². The highest BCUT2D eigenvalue weighted by atomic mass is 127. The summed E-state index contributed by atoms with van der Waals surface area (Å²) in [6.45, 7) is 6.62. The van der Waals surface area contributed by atoms with Gasteiger partial charge in [0.15, 0.2) is 5.96 Å². The van der Waals surface area contributed by atoms with Crippen LogP contribution in [0.2, 0.25) is 0 Å². The van der Waals surface area contributed by atoms with Crippen LogP contribution < -0.4 is 15.4 Å². The second-order valence-electron chi connectivity index (χ2n) is 7.97. The quantitative estimate of drug-likeness (QED) is 0.320. The number of benzene rings is 1. The largest absolute Gasteiger partial charge is 0.497 e. The first kappa shape index (κ1) is 25.2. The van der Waals surface area contributed by atoms with Gasteiger partial charge < -0.3 is 25.0 Å². The Balaban J connectivity index is 0.00000320. The molecule has 0 bridgehead atoms. The maximum absolute atomic E-state index is 5.85. The highest BCUT2D eigenvalue weighted by molar-refractivity contribution is 14.0. The summed E-state index contributed by atoms with van der Waals surface area (Å²) in [5, 5.41) is 6.98. The van der Waals surface area contributed by atoms with Gasteiger partial charge >= 0.3 is 0 Å². The summed E-state index contributed by atoms with van der Waals surface area (Å²) in [6, 6.07) is 8.78. The van der Waals surface area contributed by atoms with Gasteiger partial charge in [-0.25, -0.2) is 0 Å². The molecule has 2 heterocycles. The number of nitrogens with zero attached hydrogens (tertiary/aromatic N) is 3. The van der Waals surface area contributed by atoms with Crippen LogP contribution in [0.25, 0.3) is 0 Å². The van der Waals surface area contributed by atoms with E-state index < -0.39 is 0 Å². The highest BCUT2D eigenvalue weighted by Crippen LogP contribution is 2.25. The van der Waals surface area contributed by atoms with Crippen LogP contribution in [0, 0.1) is 0 Å². The molecule has 30 heavy (non-hydrogen) atoms. The number of hydrogen-bond donors (Lipinski definition) is 2. The van der Waals surface area contributed by atoms with Crippen molar-refractivity contribution in [3.05, 3.63) is 29.8 Å². The standard InChI is InChI=1S/C22H37N5O2.HI/c1-23-22(24-15-20-17-26(2)13-14-29-20)25-16-21(27-11-5-4-6-12-27)18-7-9-19(28-3)10-8-18;/h7-10,20-21H,4-6,11-17H2,1-3H3,(H2,23,24,25);1H. The molecular weight excluding hydrogens is 493 g/mol. The fourth-order valence-corrected chi connectivity index (χ4v) is 4.13. The third-order valence-corrected chi connectivity index (χ3v) is 5.86. The zero-order chi connectivity index (χ0) is 20.5. The molecule has 0 saturated carbocycles. The summed E-state index contributed by atoms with van der Waals surface area (Å²) < 4.78 is 11.2. The van der Waals surface area contributed by atoms with Crippen LogP contribution in [0.5, 0.6) is 5.75 Å². The van der Waals surface area contributed by atoms with Gasteiger partial charge in [-0.05, 0) is 50.7 Å². The molecule has 8 heteroatoms. The molecule has 170 valence electrons. The van der Waals surface area contributed by atoms with Gasteiger partial charge in [-0.3, -0.25) is 9.89 Å². The smallest absolute Gasteiger partial charge is 0.191 e. The van der Waals surface area contributed by atoms with E-state index in [0.29, 0.717) is 6.04 Å². The van der Waals surface area contributed by atoms with Gasteiger partial charge in [0.05, 0.1) is 25.9 Å². The Labute approximate surface area is 198 Å². The zero-order valence-electron chi connectivity index (χ0n) is 18.6. The number of ether oxygens (including phenoxy) is 2. The van der Waals surface area contributed by atoms with E-state index in [9.17, 15) is 0 Å². The summed E-state index contributed by atoms with van der Waals surface area (Å²) in [5.74, 6) is 1.73. The number of piperidine rings is 1. The number of nitrogens with one attached hydrogen (secondary N) is 2. The van der Waals surface area contributed by atoms with Crippen LogP contribution in [-0.2, 0) is 4.74 Å². The van der Waals surface area contributed by atoms with Gasteiger partial charge in [0.1, 0.15) is 5.75 Å². The summed E-state index contributed by atoms with van der Waals surface area (Å²) in [7, 11) is 5.68. The van der Waals surface area contributed by atoms with Crippen LogP contribution in [0.4, 0.5) is 0 Å². The lowest BCUT2D eigenvalue weighted by Gasteiger charge is -2.35. The van der Waals surface area contributed by atoms with Gasteiger partial charge in [-0.2, -0.15) is 0 Å². The van der Waals surface area contributed by atoms with Crippen LogP contribution in [0.15, 0.2) is 29.3 Å². The number of aliphatic imine (C=N–C) groups is 1. The fraction of sp³-hybridized carbons (Fsp3) is 0.682. The second-order valence-corrected chi connectivity index (χ2v) is 7.97. The Morgan fingerprint density at radius 3 is 2.53 bits per heavy atom. The van der Waals surface area contributed by atoms with Crippen molar-refractivity contribution in [2.75, 3.05) is 67.1 Å². The lowest BCUT2D eigenvalue weighted by molar-refractivity contribution is -0.0161. The van der Waals surface area contributed by atoms with Crippen molar-refractivity contribution in [3.8, 4) is 5.75 Å². The molecule has 2 saturated heterocycles. The van der Waals surface area contributed by atoms with E-state index in [1.54, 1.807) is 7.11 Å². The van der Waals surface area contributed by atoms with Crippen LogP contribution in [0.3, 0.4) is 0 Å². The molecule has 0 aliphatic carbocycles. The third kappa shape index (κ3) is 7.55. The summed E-state index contributed by atoms with van der Waals surface area (Å²) in [6.07, 6.45) is 4.07. The maximum Gasteiger partial charge on any atom is 0.191 e. The lowest BCUT2D eigenvalue weighted by atomic mass is 10.0. The number of morpholine rings is 1. The van der Waals surface area contributed by atoms with Crippen molar-refractivity contribution in [1.29, 1.82) is 0 Å². The van der Waals surface area contributed by atoms with E-state index in [4.69, 9.17) is 9.47 Å². The number of guanidine groups is 1. The molecule has 3 rings (SSSR count). The van der Waals surface area contributed by atoms with E-state index >= 15 is 0 Å². The number of rotatable bonds is 7. The number of methoxy groups -OCH3 is 1. The minimum atomic E-state index is 0. The minimum absolute atomic E-state index is 0. The Hall–Kier alpha value is -1.10. The molecule has 2 aliphatic heterocycles. The van der Waals surface area contributed by atoms with E-state index in [0.717, 1.165) is 57.6 Å². The fourth-order valence-electron chi connectivity index (χ4n) is 4.13. The van der Waals surface area contributed by atoms with Crippen LogP contribution in [-0.4, -0.2) is 88.9 Å². The maximum atomic E-state index is 5.85. The zero-order valence-corrected chi connectivity index (χ0v) is 20.9. The molecule has 2 N–H and O–H groups in total. The molecule has 2 aliphatic rings. The molecule has 0 amide bonds. The first-order valence-corrected chi connectivity index (χ1v) is 10.8. The monoisotopic (exact) mass is 531 g/mol. The summed E-state index contributed by atoms with van der Waals surface area (Å²) in [5.41, 5.74) is 1.31. The molecule has 7 nitrogen and oxygen atoms in total. The number of likely N-dealkylation sites (N-methyl/N-ethyl adjacent to an activating group) is 1. The predicted octanol–water partition coefficient (Wildman–Crippen LogP) is 2.34. The van der Waals surface area contributed by atoms with Crippen molar-refractivity contribution in [2.24, 2.45) is 4.99 Å². The van der Waals surface area contributed by atoms with E-state index in [-0.39, 0.29) is 30.1 Å². The molecule has 0 radical (unpaired) electrons. The molecule has 1 aromatic rings. The van der Waals surface area contributed by atoms with Gasteiger partial charge in [0.25, 0.3) is 0 Å². The number of likely N-dealkylation sites (tertiary alicyclic amines) is 1. The first-order valence-electron chi connectivity index (χ1n) is 10.8. The summed E-state index contributed by atoms with van der Waals surface area (Å²) >= 11 is 0. The molecule has 2 atom stereocenters. The molecule has 1 aromatic carbocycles. The normalized spacial score (nSPS) is 22.1. The minimum Gasteiger partial charge on any atom is -0.497 e. The van der Waals surface area contributed by atoms with Crippen LogP contribution in [0.1, 0.15) is 30.9 Å². The Bertz CT molecular complexity index is 637. The molecule has 2 unspecified atom stereocenters. The SMILES string of the molecule is CN=C(NCC1CN(C)CCO1)NCC(c1ccc(OC)cc1)N1CCCCC1.I. The van der Waals surface area contributed by atoms with Gasteiger partial charge in [-0.15, -0.1) is 24.0 Å². The van der Waals surface area contributed by atoms with Crippen molar-refractivity contribution in [2.45, 2.75) is 31.4 Å². The van der Waals surface area contributed by atoms with E-state index in [1.807, 2.05) is 7.05 Å². The van der Waals surface area contributed by atoms with E-state index in [1.165, 1.54) is 24.8 Å². The predicted molar refractivity (Wildman–Crippen MR) is 133 cm³/mol. The first-order chi connectivity index (χ1) is 14.2. The van der Waals surface area contributed by atoms with Crippen molar-refractivity contribution in [3.63, 3.8) is 0 Å². The second kappa shape index (κ2) is 13.3. The number of halogens is 1. The third-order valence-electron chi connectivity index (χ3n) is 5.86. The number of hydrogen-bond acceptors (Lipinski definition) is 5. The van der Waals surface area contributed by atoms with Crippen molar-refractivity contribution in [1.82, 2.24) is 20.4 Å². The topological polar surface area (TPSA) is 61.4 Å². The summed E-state index contributed by atoms with van der Waals surface area (Å²) in [4.78, 5) is 9.31. The van der Waals surface area contributed by atoms with Gasteiger partial charge in [0.2, 0.25) is 0 Å². The van der Waals surface area contributed by atoms with Gasteiger partial charge in [0, 0.05) is 33.2 Å². The molecule has 0 aromatic heterocycles. The average molecular weight is 531 g/mol. The Kier molecular flexibility index (Phi) is 11.2. The Morgan fingerprint density at radius 2 is 1.90 bits per heavy atom. The lowest BCUT2D eigenvalue weighted by Crippen LogP contribution is -2.49. The average Bonchev–Trinajstić information content (AvgIpc) is 2.77. The molecule has 0 spiro atoms. The Morgan fingerprint density at radius 1 is 1.17 bits per heavy atom. The molecule has 2 fully saturated rings. The van der Waals surface area contributed by atoms with Crippen molar-refractivity contribution >= 4 is 29.9 Å². The van der Waals surface area contributed by atoms with Crippen molar-refractivity contribution < 1.29 is 9.47 Å². The molecular formula is C22H38IN5O2.